The van der Waals surface area contributed by atoms with Crippen LogP contribution in [0.15, 0.2) is 35.8 Å². The minimum atomic E-state index is 0.430. The van der Waals surface area contributed by atoms with Gasteiger partial charge in [0, 0.05) is 18.8 Å². The van der Waals surface area contributed by atoms with Crippen molar-refractivity contribution in [2.24, 2.45) is 0 Å². The number of rotatable bonds is 3. The van der Waals surface area contributed by atoms with Crippen LogP contribution < -0.4 is 10.6 Å². The molecule has 0 saturated carbocycles. The first-order valence-corrected chi connectivity index (χ1v) is 7.92. The molecular formula is C15H15N5S. The first-order chi connectivity index (χ1) is 10.4. The normalized spacial score (nSPS) is 18.2. The van der Waals surface area contributed by atoms with E-state index in [1.807, 2.05) is 18.2 Å². The van der Waals surface area contributed by atoms with Crippen LogP contribution in [0, 0.1) is 0 Å². The second kappa shape index (κ2) is 5.38. The van der Waals surface area contributed by atoms with Crippen LogP contribution in [0.25, 0.3) is 21.7 Å². The number of hydrogen-bond donors (Lipinski definition) is 2. The molecule has 0 unspecified atom stereocenters. The average Bonchev–Trinajstić information content (AvgIpc) is 3.19. The summed E-state index contributed by atoms with van der Waals surface area (Å²) in [6.07, 6.45) is 2.89. The molecule has 0 aliphatic carbocycles. The first kappa shape index (κ1) is 12.7. The SMILES string of the molecule is c1ccc(-c2nc(N[C@@H]3CCNC3)c3ccsc3n2)nc1. The molecule has 1 aliphatic rings. The maximum atomic E-state index is 4.70. The fourth-order valence-electron chi connectivity index (χ4n) is 2.55. The van der Waals surface area contributed by atoms with E-state index in [-0.39, 0.29) is 0 Å². The zero-order valence-corrected chi connectivity index (χ0v) is 12.2. The second-order valence-corrected chi connectivity index (χ2v) is 5.98. The molecule has 0 aromatic carbocycles. The van der Waals surface area contributed by atoms with E-state index in [1.165, 1.54) is 0 Å². The third kappa shape index (κ3) is 2.48. The van der Waals surface area contributed by atoms with Crippen molar-refractivity contribution in [1.29, 1.82) is 0 Å². The fraction of sp³-hybridized carbons (Fsp3) is 0.267. The van der Waals surface area contributed by atoms with E-state index in [4.69, 9.17) is 4.98 Å². The van der Waals surface area contributed by atoms with Crippen LogP contribution in [0.5, 0.6) is 0 Å². The molecule has 6 heteroatoms. The number of nitrogens with one attached hydrogen (secondary N) is 2. The lowest BCUT2D eigenvalue weighted by molar-refractivity contribution is 0.789. The van der Waals surface area contributed by atoms with Crippen molar-refractivity contribution in [3.05, 3.63) is 35.8 Å². The number of aromatic nitrogens is 3. The van der Waals surface area contributed by atoms with Crippen molar-refractivity contribution < 1.29 is 0 Å². The molecule has 0 amide bonds. The predicted molar refractivity (Wildman–Crippen MR) is 85.5 cm³/mol. The third-order valence-electron chi connectivity index (χ3n) is 3.62. The van der Waals surface area contributed by atoms with Crippen LogP contribution in [0.1, 0.15) is 6.42 Å². The molecule has 0 spiro atoms. The van der Waals surface area contributed by atoms with Crippen molar-refractivity contribution in [3.8, 4) is 11.5 Å². The summed E-state index contributed by atoms with van der Waals surface area (Å²) in [4.78, 5) is 14.7. The van der Waals surface area contributed by atoms with Gasteiger partial charge in [-0.2, -0.15) is 0 Å². The van der Waals surface area contributed by atoms with Crippen LogP contribution in [-0.4, -0.2) is 34.1 Å². The Morgan fingerprint density at radius 3 is 3.05 bits per heavy atom. The van der Waals surface area contributed by atoms with Crippen molar-refractivity contribution in [3.63, 3.8) is 0 Å². The number of nitrogens with zero attached hydrogens (tertiary/aromatic N) is 3. The van der Waals surface area contributed by atoms with Gasteiger partial charge in [0.2, 0.25) is 0 Å². The molecule has 3 aromatic rings. The van der Waals surface area contributed by atoms with Crippen molar-refractivity contribution in [2.45, 2.75) is 12.5 Å². The average molecular weight is 297 g/mol. The highest BCUT2D eigenvalue weighted by Crippen LogP contribution is 2.28. The number of hydrogen-bond acceptors (Lipinski definition) is 6. The summed E-state index contributed by atoms with van der Waals surface area (Å²) in [7, 11) is 0. The molecule has 106 valence electrons. The van der Waals surface area contributed by atoms with Gasteiger partial charge in [0.1, 0.15) is 16.3 Å². The fourth-order valence-corrected chi connectivity index (χ4v) is 3.31. The molecule has 1 atom stereocenters. The molecule has 0 radical (unpaired) electrons. The van der Waals surface area contributed by atoms with E-state index in [0.29, 0.717) is 11.9 Å². The van der Waals surface area contributed by atoms with Gasteiger partial charge in [-0.15, -0.1) is 11.3 Å². The summed E-state index contributed by atoms with van der Waals surface area (Å²) < 4.78 is 0. The summed E-state index contributed by atoms with van der Waals surface area (Å²) in [5, 5.41) is 10.1. The minimum Gasteiger partial charge on any atom is -0.365 e. The number of thiophene rings is 1. The maximum absolute atomic E-state index is 4.70. The zero-order chi connectivity index (χ0) is 14.1. The lowest BCUT2D eigenvalue weighted by atomic mass is 10.2. The number of anilines is 1. The van der Waals surface area contributed by atoms with Gasteiger partial charge >= 0.3 is 0 Å². The van der Waals surface area contributed by atoms with Crippen LogP contribution >= 0.6 is 11.3 Å². The Hall–Kier alpha value is -2.05. The highest BCUT2D eigenvalue weighted by Gasteiger charge is 2.17. The molecule has 2 N–H and O–H groups in total. The summed E-state index contributed by atoms with van der Waals surface area (Å²) >= 11 is 1.63. The largest absolute Gasteiger partial charge is 0.365 e. The Balaban J connectivity index is 1.78. The smallest absolute Gasteiger partial charge is 0.181 e. The van der Waals surface area contributed by atoms with Gasteiger partial charge in [-0.1, -0.05) is 6.07 Å². The number of pyridine rings is 1. The quantitative estimate of drug-likeness (QED) is 0.778. The summed E-state index contributed by atoms with van der Waals surface area (Å²) in [6, 6.07) is 8.30. The van der Waals surface area contributed by atoms with E-state index in [1.54, 1.807) is 17.5 Å². The monoisotopic (exact) mass is 297 g/mol. The van der Waals surface area contributed by atoms with Gasteiger partial charge in [-0.3, -0.25) is 4.98 Å². The van der Waals surface area contributed by atoms with Crippen molar-refractivity contribution in [1.82, 2.24) is 20.3 Å². The molecule has 5 nitrogen and oxygen atoms in total. The standard InChI is InChI=1S/C15H15N5S/c1-2-6-17-12(3-1)14-19-13(18-10-4-7-16-9-10)11-5-8-21-15(11)20-14/h1-3,5-6,8,10,16H,4,7,9H2,(H,18,19,20)/t10-/m1/s1. The molecule has 1 saturated heterocycles. The Labute approximate surface area is 126 Å². The molecule has 4 heterocycles. The van der Waals surface area contributed by atoms with Gasteiger partial charge in [0.15, 0.2) is 5.82 Å². The highest BCUT2D eigenvalue weighted by molar-refractivity contribution is 7.16. The Kier molecular flexibility index (Phi) is 3.25. The Bertz CT molecular complexity index is 749. The molecule has 4 rings (SSSR count). The molecule has 1 aliphatic heterocycles. The zero-order valence-electron chi connectivity index (χ0n) is 11.4. The summed E-state index contributed by atoms with van der Waals surface area (Å²) in [5.74, 6) is 1.59. The molecular weight excluding hydrogens is 282 g/mol. The lowest BCUT2D eigenvalue weighted by Crippen LogP contribution is -2.23. The molecule has 21 heavy (non-hydrogen) atoms. The molecule has 0 bridgehead atoms. The predicted octanol–water partition coefficient (Wildman–Crippen LogP) is 2.53. The lowest BCUT2D eigenvalue weighted by Gasteiger charge is -2.13. The van der Waals surface area contributed by atoms with E-state index in [0.717, 1.165) is 41.2 Å². The van der Waals surface area contributed by atoms with Gasteiger partial charge in [-0.25, -0.2) is 9.97 Å². The van der Waals surface area contributed by atoms with E-state index in [2.05, 4.69) is 32.0 Å². The maximum Gasteiger partial charge on any atom is 0.181 e. The minimum absolute atomic E-state index is 0.430. The van der Waals surface area contributed by atoms with Gasteiger partial charge in [0.25, 0.3) is 0 Å². The van der Waals surface area contributed by atoms with Crippen molar-refractivity contribution in [2.75, 3.05) is 18.4 Å². The molecule has 1 fully saturated rings. The van der Waals surface area contributed by atoms with Gasteiger partial charge < -0.3 is 10.6 Å². The van der Waals surface area contributed by atoms with Crippen LogP contribution in [0.3, 0.4) is 0 Å². The Morgan fingerprint density at radius 1 is 1.24 bits per heavy atom. The third-order valence-corrected chi connectivity index (χ3v) is 4.43. The highest BCUT2D eigenvalue weighted by atomic mass is 32.1. The van der Waals surface area contributed by atoms with Gasteiger partial charge in [0.05, 0.1) is 5.39 Å². The second-order valence-electron chi connectivity index (χ2n) is 5.08. The van der Waals surface area contributed by atoms with E-state index < -0.39 is 0 Å². The number of fused-ring (bicyclic) bond motifs is 1. The van der Waals surface area contributed by atoms with Crippen molar-refractivity contribution >= 4 is 27.4 Å². The van der Waals surface area contributed by atoms with Crippen LogP contribution in [0.2, 0.25) is 0 Å². The van der Waals surface area contributed by atoms with E-state index >= 15 is 0 Å². The first-order valence-electron chi connectivity index (χ1n) is 7.04. The summed E-state index contributed by atoms with van der Waals surface area (Å²) in [5.41, 5.74) is 0.806. The van der Waals surface area contributed by atoms with Crippen LogP contribution in [-0.2, 0) is 0 Å². The Morgan fingerprint density at radius 2 is 2.24 bits per heavy atom. The topological polar surface area (TPSA) is 62.7 Å². The summed E-state index contributed by atoms with van der Waals surface area (Å²) in [6.45, 7) is 2.04. The van der Waals surface area contributed by atoms with E-state index in [9.17, 15) is 0 Å². The van der Waals surface area contributed by atoms with Gasteiger partial charge in [-0.05, 0) is 36.5 Å². The van der Waals surface area contributed by atoms with Crippen LogP contribution in [0.4, 0.5) is 5.82 Å². The molecule has 3 aromatic heterocycles.